The lowest BCUT2D eigenvalue weighted by Crippen LogP contribution is -2.23. The van der Waals surface area contributed by atoms with Gasteiger partial charge >= 0.3 is 5.97 Å². The van der Waals surface area contributed by atoms with Crippen LogP contribution in [-0.2, 0) is 38.8 Å². The van der Waals surface area contributed by atoms with Crippen LogP contribution in [0.4, 0.5) is 0 Å². The van der Waals surface area contributed by atoms with Crippen LogP contribution in [0.5, 0.6) is 0 Å². The molecule has 4 rings (SSSR count). The number of rotatable bonds is 5. The van der Waals surface area contributed by atoms with Crippen molar-refractivity contribution in [2.45, 2.75) is 44.0 Å². The van der Waals surface area contributed by atoms with Gasteiger partial charge in [-0.3, -0.25) is 9.59 Å². The zero-order chi connectivity index (χ0) is 22.9. The molecule has 0 aliphatic heterocycles. The summed E-state index contributed by atoms with van der Waals surface area (Å²) in [6.07, 6.45) is 5.39. The van der Waals surface area contributed by atoms with Crippen molar-refractivity contribution in [2.24, 2.45) is 4.99 Å². The van der Waals surface area contributed by atoms with Crippen LogP contribution >= 0.6 is 11.3 Å². The van der Waals surface area contributed by atoms with Crippen LogP contribution in [0.3, 0.4) is 0 Å². The van der Waals surface area contributed by atoms with E-state index in [1.54, 1.807) is 29.7 Å². The zero-order valence-corrected chi connectivity index (χ0v) is 19.6. The number of ether oxygens (including phenoxy) is 1. The second-order valence-corrected chi connectivity index (χ2v) is 10.8. The summed E-state index contributed by atoms with van der Waals surface area (Å²) in [5, 5.41) is 0. The molecule has 2 aromatic carbocycles. The Balaban J connectivity index is 1.81. The number of hydrogen-bond donors (Lipinski definition) is 0. The molecule has 0 unspecified atom stereocenters. The number of carbonyl (C=O) groups is 2. The zero-order valence-electron chi connectivity index (χ0n) is 18.0. The molecule has 1 amide bonds. The molecular weight excluding hydrogens is 448 g/mol. The Morgan fingerprint density at radius 1 is 1.09 bits per heavy atom. The molecule has 9 heteroatoms. The maximum absolute atomic E-state index is 13.0. The Morgan fingerprint density at radius 3 is 2.56 bits per heavy atom. The van der Waals surface area contributed by atoms with Gasteiger partial charge in [-0.25, -0.2) is 8.42 Å². The van der Waals surface area contributed by atoms with Gasteiger partial charge < -0.3 is 9.30 Å². The van der Waals surface area contributed by atoms with E-state index in [0.29, 0.717) is 20.6 Å². The number of aryl methyl sites for hydroxylation is 2. The SMILES string of the molecule is CCOC(=O)Cn1c(=NC(=O)c2ccc3c(c2)CCCC3)sc2cc(S(C)(=O)=O)ccc21. The molecule has 0 bridgehead atoms. The molecule has 0 N–H and O–H groups in total. The van der Waals surface area contributed by atoms with Gasteiger partial charge in [0.05, 0.1) is 21.7 Å². The lowest BCUT2D eigenvalue weighted by molar-refractivity contribution is -0.143. The normalized spacial score (nSPS) is 14.4. The van der Waals surface area contributed by atoms with Crippen LogP contribution in [0.25, 0.3) is 10.2 Å². The summed E-state index contributed by atoms with van der Waals surface area (Å²) in [4.78, 5) is 30.0. The van der Waals surface area contributed by atoms with Gasteiger partial charge in [-0.1, -0.05) is 17.4 Å². The number of esters is 1. The van der Waals surface area contributed by atoms with E-state index in [1.165, 1.54) is 28.5 Å². The van der Waals surface area contributed by atoms with Crippen molar-refractivity contribution in [3.05, 3.63) is 57.9 Å². The average molecular weight is 473 g/mol. The number of sulfone groups is 1. The summed E-state index contributed by atoms with van der Waals surface area (Å²) in [6, 6.07) is 10.4. The minimum Gasteiger partial charge on any atom is -0.465 e. The van der Waals surface area contributed by atoms with E-state index in [9.17, 15) is 18.0 Å². The fourth-order valence-electron chi connectivity index (χ4n) is 3.88. The fraction of sp³-hybridized carbons (Fsp3) is 0.348. The lowest BCUT2D eigenvalue weighted by atomic mass is 9.90. The average Bonchev–Trinajstić information content (AvgIpc) is 3.09. The highest BCUT2D eigenvalue weighted by molar-refractivity contribution is 7.90. The van der Waals surface area contributed by atoms with E-state index in [4.69, 9.17) is 4.74 Å². The summed E-state index contributed by atoms with van der Waals surface area (Å²) in [5.41, 5.74) is 3.58. The van der Waals surface area contributed by atoms with E-state index in [1.807, 2.05) is 12.1 Å². The van der Waals surface area contributed by atoms with Crippen LogP contribution in [-0.4, -0.2) is 37.7 Å². The molecule has 0 fully saturated rings. The molecule has 1 aliphatic carbocycles. The molecule has 1 aromatic heterocycles. The van der Waals surface area contributed by atoms with E-state index in [2.05, 4.69) is 4.99 Å². The highest BCUT2D eigenvalue weighted by Crippen LogP contribution is 2.24. The van der Waals surface area contributed by atoms with Crippen LogP contribution in [0.1, 0.15) is 41.3 Å². The summed E-state index contributed by atoms with van der Waals surface area (Å²) in [5.74, 6) is -0.854. The van der Waals surface area contributed by atoms with Gasteiger partial charge in [-0.15, -0.1) is 0 Å². The fourth-order valence-corrected chi connectivity index (χ4v) is 5.66. The molecule has 168 valence electrons. The van der Waals surface area contributed by atoms with Gasteiger partial charge in [-0.2, -0.15) is 4.99 Å². The summed E-state index contributed by atoms with van der Waals surface area (Å²) >= 11 is 1.17. The quantitative estimate of drug-likeness (QED) is 0.531. The molecular formula is C23H24N2O5S2. The molecule has 0 saturated carbocycles. The van der Waals surface area contributed by atoms with Gasteiger partial charge in [0, 0.05) is 11.8 Å². The monoisotopic (exact) mass is 472 g/mol. The third-order valence-electron chi connectivity index (χ3n) is 5.47. The first-order valence-electron chi connectivity index (χ1n) is 10.5. The van der Waals surface area contributed by atoms with Crippen LogP contribution in [0.15, 0.2) is 46.3 Å². The topological polar surface area (TPSA) is 94.8 Å². The number of carbonyl (C=O) groups excluding carboxylic acids is 2. The largest absolute Gasteiger partial charge is 0.465 e. The number of benzene rings is 2. The van der Waals surface area contributed by atoms with Crippen molar-refractivity contribution >= 4 is 43.3 Å². The Kier molecular flexibility index (Phi) is 6.30. The third kappa shape index (κ3) is 4.68. The van der Waals surface area contributed by atoms with Crippen molar-refractivity contribution in [3.8, 4) is 0 Å². The van der Waals surface area contributed by atoms with Crippen molar-refractivity contribution in [1.82, 2.24) is 4.57 Å². The smallest absolute Gasteiger partial charge is 0.326 e. The molecule has 7 nitrogen and oxygen atoms in total. The van der Waals surface area contributed by atoms with E-state index in [0.717, 1.165) is 31.9 Å². The number of thiazole rings is 1. The number of fused-ring (bicyclic) bond motifs is 2. The maximum Gasteiger partial charge on any atom is 0.326 e. The van der Waals surface area contributed by atoms with Gasteiger partial charge in [0.2, 0.25) is 0 Å². The molecule has 1 aliphatic rings. The number of nitrogens with zero attached hydrogens (tertiary/aromatic N) is 2. The lowest BCUT2D eigenvalue weighted by Gasteiger charge is -2.15. The molecule has 1 heterocycles. The van der Waals surface area contributed by atoms with Crippen molar-refractivity contribution < 1.29 is 22.7 Å². The van der Waals surface area contributed by atoms with Crippen molar-refractivity contribution in [3.63, 3.8) is 0 Å². The highest BCUT2D eigenvalue weighted by Gasteiger charge is 2.17. The first-order valence-corrected chi connectivity index (χ1v) is 13.2. The second kappa shape index (κ2) is 8.99. The van der Waals surface area contributed by atoms with Gasteiger partial charge in [-0.05, 0) is 74.1 Å². The number of aromatic nitrogens is 1. The van der Waals surface area contributed by atoms with Crippen LogP contribution in [0.2, 0.25) is 0 Å². The minimum absolute atomic E-state index is 0.123. The van der Waals surface area contributed by atoms with Crippen molar-refractivity contribution in [2.75, 3.05) is 12.9 Å². The number of hydrogen-bond acceptors (Lipinski definition) is 6. The van der Waals surface area contributed by atoms with Gasteiger partial charge in [0.25, 0.3) is 5.91 Å². The summed E-state index contributed by atoms with van der Waals surface area (Å²) in [7, 11) is -3.40. The van der Waals surface area contributed by atoms with Gasteiger partial charge in [0.1, 0.15) is 6.54 Å². The highest BCUT2D eigenvalue weighted by atomic mass is 32.2. The second-order valence-electron chi connectivity index (χ2n) is 7.79. The number of amides is 1. The van der Waals surface area contributed by atoms with E-state index < -0.39 is 21.7 Å². The van der Waals surface area contributed by atoms with Gasteiger partial charge in [0.15, 0.2) is 14.6 Å². The molecule has 0 atom stereocenters. The maximum atomic E-state index is 13.0. The van der Waals surface area contributed by atoms with Crippen molar-refractivity contribution in [1.29, 1.82) is 0 Å². The Morgan fingerprint density at radius 2 is 1.84 bits per heavy atom. The first-order chi connectivity index (χ1) is 15.3. The van der Waals surface area contributed by atoms with Crippen LogP contribution < -0.4 is 4.80 Å². The summed E-state index contributed by atoms with van der Waals surface area (Å²) < 4.78 is 31.2. The molecule has 0 radical (unpaired) electrons. The molecule has 3 aromatic rings. The predicted molar refractivity (Wildman–Crippen MR) is 123 cm³/mol. The van der Waals surface area contributed by atoms with E-state index in [-0.39, 0.29) is 18.0 Å². The molecule has 0 saturated heterocycles. The molecule has 0 spiro atoms. The Hall–Kier alpha value is -2.78. The predicted octanol–water partition coefficient (Wildman–Crippen LogP) is 3.29. The standard InChI is InChI=1S/C23H24N2O5S2/c1-3-30-21(26)14-25-19-11-10-18(32(2,28)29)13-20(19)31-23(25)24-22(27)17-9-8-15-6-4-5-7-16(15)12-17/h8-13H,3-7,14H2,1-2H3. The summed E-state index contributed by atoms with van der Waals surface area (Å²) in [6.45, 7) is 1.83. The molecule has 32 heavy (non-hydrogen) atoms. The van der Waals surface area contributed by atoms with E-state index >= 15 is 0 Å². The first kappa shape index (κ1) is 22.4. The third-order valence-corrected chi connectivity index (χ3v) is 7.62. The Bertz CT molecular complexity index is 1380. The van der Waals surface area contributed by atoms with Crippen LogP contribution in [0, 0.1) is 0 Å². The minimum atomic E-state index is -3.40. The Labute approximate surface area is 190 Å².